The van der Waals surface area contributed by atoms with Crippen molar-refractivity contribution in [2.75, 3.05) is 5.32 Å². The van der Waals surface area contributed by atoms with Crippen LogP contribution in [0.4, 0.5) is 10.1 Å². The Balaban J connectivity index is 2.15. The lowest BCUT2D eigenvalue weighted by Crippen LogP contribution is -2.17. The van der Waals surface area contributed by atoms with Gasteiger partial charge < -0.3 is 10.4 Å². The van der Waals surface area contributed by atoms with Gasteiger partial charge in [-0.15, -0.1) is 0 Å². The number of benzene rings is 2. The van der Waals surface area contributed by atoms with Crippen LogP contribution in [0.2, 0.25) is 5.02 Å². The molecule has 0 bridgehead atoms. The first-order valence-electron chi connectivity index (χ1n) is 6.03. The van der Waals surface area contributed by atoms with Gasteiger partial charge in [-0.25, -0.2) is 9.18 Å². The molecule has 0 heterocycles. The number of hydrogen-bond acceptors (Lipinski definition) is 2. The van der Waals surface area contributed by atoms with Crippen molar-refractivity contribution in [1.29, 1.82) is 0 Å². The molecule has 0 radical (unpaired) electrons. The Bertz CT molecular complexity index is 703. The molecule has 0 unspecified atom stereocenters. The van der Waals surface area contributed by atoms with Crippen LogP contribution in [0.1, 0.15) is 15.9 Å². The summed E-state index contributed by atoms with van der Waals surface area (Å²) < 4.78 is 13.0. The van der Waals surface area contributed by atoms with E-state index in [0.29, 0.717) is 10.6 Å². The average molecular weight is 308 g/mol. The molecule has 2 aromatic rings. The molecule has 0 aliphatic heterocycles. The van der Waals surface area contributed by atoms with Crippen molar-refractivity contribution in [3.05, 3.63) is 64.4 Å². The van der Waals surface area contributed by atoms with Crippen LogP contribution in [-0.4, -0.2) is 17.0 Å². The summed E-state index contributed by atoms with van der Waals surface area (Å²) in [4.78, 5) is 22.9. The van der Waals surface area contributed by atoms with E-state index < -0.39 is 17.7 Å². The molecule has 1 amide bonds. The number of anilines is 1. The van der Waals surface area contributed by atoms with Gasteiger partial charge in [-0.05, 0) is 35.9 Å². The number of carboxylic acid groups (broad SMARTS) is 1. The predicted molar refractivity (Wildman–Crippen MR) is 77.1 cm³/mol. The third kappa shape index (κ3) is 4.03. The van der Waals surface area contributed by atoms with Crippen molar-refractivity contribution >= 4 is 29.2 Å². The van der Waals surface area contributed by atoms with E-state index in [1.54, 1.807) is 24.3 Å². The van der Waals surface area contributed by atoms with Crippen molar-refractivity contribution < 1.29 is 19.1 Å². The van der Waals surface area contributed by atoms with Crippen LogP contribution < -0.4 is 5.32 Å². The summed E-state index contributed by atoms with van der Waals surface area (Å²) in [5, 5.41) is 12.0. The Kier molecular flexibility index (Phi) is 4.55. The third-order valence-electron chi connectivity index (χ3n) is 2.74. The van der Waals surface area contributed by atoms with Crippen molar-refractivity contribution in [2.45, 2.75) is 6.42 Å². The first-order chi connectivity index (χ1) is 9.95. The fourth-order valence-electron chi connectivity index (χ4n) is 1.83. The number of carboxylic acids is 1. The summed E-state index contributed by atoms with van der Waals surface area (Å²) >= 11 is 5.82. The highest BCUT2D eigenvalue weighted by atomic mass is 35.5. The molecule has 21 heavy (non-hydrogen) atoms. The zero-order chi connectivity index (χ0) is 15.4. The SMILES string of the molecule is O=C(Cc1cccc(Cl)c1)Nc1ccc(F)cc1C(=O)O. The molecular weight excluding hydrogens is 297 g/mol. The Hall–Kier alpha value is -2.40. The molecule has 2 aromatic carbocycles. The molecule has 6 heteroatoms. The zero-order valence-electron chi connectivity index (χ0n) is 10.8. The van der Waals surface area contributed by atoms with Gasteiger partial charge in [-0.3, -0.25) is 4.79 Å². The van der Waals surface area contributed by atoms with Crippen molar-refractivity contribution in [2.24, 2.45) is 0 Å². The van der Waals surface area contributed by atoms with Crippen LogP contribution in [0.3, 0.4) is 0 Å². The quantitative estimate of drug-likeness (QED) is 0.910. The van der Waals surface area contributed by atoms with Crippen molar-refractivity contribution in [3.8, 4) is 0 Å². The Morgan fingerprint density at radius 3 is 2.62 bits per heavy atom. The minimum Gasteiger partial charge on any atom is -0.478 e. The summed E-state index contributed by atoms with van der Waals surface area (Å²) in [7, 11) is 0. The van der Waals surface area contributed by atoms with Gasteiger partial charge in [0.1, 0.15) is 5.82 Å². The molecular formula is C15H11ClFNO3. The molecule has 2 N–H and O–H groups in total. The molecule has 0 aliphatic carbocycles. The van der Waals surface area contributed by atoms with E-state index in [0.717, 1.165) is 12.1 Å². The van der Waals surface area contributed by atoms with Gasteiger partial charge in [0.2, 0.25) is 5.91 Å². The summed E-state index contributed by atoms with van der Waals surface area (Å²) in [6.07, 6.45) is 0.0387. The maximum Gasteiger partial charge on any atom is 0.337 e. The normalized spacial score (nSPS) is 10.2. The smallest absolute Gasteiger partial charge is 0.337 e. The van der Waals surface area contributed by atoms with E-state index in [1.807, 2.05) is 0 Å². The van der Waals surface area contributed by atoms with E-state index in [2.05, 4.69) is 5.32 Å². The summed E-state index contributed by atoms with van der Waals surface area (Å²) in [5.41, 5.74) is 0.448. The lowest BCUT2D eigenvalue weighted by Gasteiger charge is -2.09. The number of hydrogen-bond donors (Lipinski definition) is 2. The molecule has 0 aromatic heterocycles. The number of rotatable bonds is 4. The monoisotopic (exact) mass is 307 g/mol. The van der Waals surface area contributed by atoms with Gasteiger partial charge in [0.05, 0.1) is 17.7 Å². The minimum absolute atomic E-state index is 0.0387. The predicted octanol–water partition coefficient (Wildman–Crippen LogP) is 3.36. The van der Waals surface area contributed by atoms with Gasteiger partial charge in [0.15, 0.2) is 0 Å². The van der Waals surface area contributed by atoms with Gasteiger partial charge in [-0.2, -0.15) is 0 Å². The van der Waals surface area contributed by atoms with E-state index in [-0.39, 0.29) is 17.7 Å². The van der Waals surface area contributed by atoms with Gasteiger partial charge in [-0.1, -0.05) is 23.7 Å². The molecule has 0 spiro atoms. The van der Waals surface area contributed by atoms with Crippen LogP contribution >= 0.6 is 11.6 Å². The molecule has 0 atom stereocenters. The minimum atomic E-state index is -1.31. The molecule has 0 saturated carbocycles. The van der Waals surface area contributed by atoms with Crippen LogP contribution in [-0.2, 0) is 11.2 Å². The molecule has 2 rings (SSSR count). The Morgan fingerprint density at radius 2 is 1.95 bits per heavy atom. The van der Waals surface area contributed by atoms with Crippen LogP contribution in [0, 0.1) is 5.82 Å². The second-order valence-electron chi connectivity index (χ2n) is 4.35. The zero-order valence-corrected chi connectivity index (χ0v) is 11.5. The number of aromatic carboxylic acids is 1. The number of halogens is 2. The maximum atomic E-state index is 13.0. The second kappa shape index (κ2) is 6.37. The fourth-order valence-corrected chi connectivity index (χ4v) is 2.04. The van der Waals surface area contributed by atoms with Crippen LogP contribution in [0.15, 0.2) is 42.5 Å². The van der Waals surface area contributed by atoms with Gasteiger partial charge in [0, 0.05) is 5.02 Å². The van der Waals surface area contributed by atoms with E-state index in [4.69, 9.17) is 16.7 Å². The standard InChI is InChI=1S/C15H11ClFNO3/c16-10-3-1-2-9(6-10)7-14(19)18-13-5-4-11(17)8-12(13)15(20)21/h1-6,8H,7H2,(H,18,19)(H,20,21). The number of amides is 1. The van der Waals surface area contributed by atoms with Gasteiger partial charge >= 0.3 is 5.97 Å². The molecule has 0 aliphatic rings. The Morgan fingerprint density at radius 1 is 1.19 bits per heavy atom. The molecule has 4 nitrogen and oxygen atoms in total. The average Bonchev–Trinajstić information content (AvgIpc) is 2.40. The number of carbonyl (C=O) groups excluding carboxylic acids is 1. The second-order valence-corrected chi connectivity index (χ2v) is 4.79. The lowest BCUT2D eigenvalue weighted by molar-refractivity contribution is -0.115. The van der Waals surface area contributed by atoms with Crippen LogP contribution in [0.25, 0.3) is 0 Å². The highest BCUT2D eigenvalue weighted by molar-refractivity contribution is 6.30. The number of nitrogens with one attached hydrogen (secondary N) is 1. The molecule has 108 valence electrons. The first-order valence-corrected chi connectivity index (χ1v) is 6.40. The highest BCUT2D eigenvalue weighted by Crippen LogP contribution is 2.18. The highest BCUT2D eigenvalue weighted by Gasteiger charge is 2.14. The molecule has 0 saturated heterocycles. The fraction of sp³-hybridized carbons (Fsp3) is 0.0667. The van der Waals surface area contributed by atoms with E-state index in [9.17, 15) is 14.0 Å². The van der Waals surface area contributed by atoms with Crippen molar-refractivity contribution in [3.63, 3.8) is 0 Å². The Labute approximate surface area is 125 Å². The lowest BCUT2D eigenvalue weighted by atomic mass is 10.1. The third-order valence-corrected chi connectivity index (χ3v) is 2.97. The largest absolute Gasteiger partial charge is 0.478 e. The van der Waals surface area contributed by atoms with E-state index >= 15 is 0 Å². The topological polar surface area (TPSA) is 66.4 Å². The summed E-state index contributed by atoms with van der Waals surface area (Å²) in [5.74, 6) is -2.40. The van der Waals surface area contributed by atoms with E-state index in [1.165, 1.54) is 6.07 Å². The first kappa shape index (κ1) is 15.0. The van der Waals surface area contributed by atoms with Gasteiger partial charge in [0.25, 0.3) is 0 Å². The molecule has 0 fully saturated rings. The summed E-state index contributed by atoms with van der Waals surface area (Å²) in [6, 6.07) is 9.93. The maximum absolute atomic E-state index is 13.0. The van der Waals surface area contributed by atoms with Crippen molar-refractivity contribution in [1.82, 2.24) is 0 Å². The number of carbonyl (C=O) groups is 2. The van der Waals surface area contributed by atoms with Crippen LogP contribution in [0.5, 0.6) is 0 Å². The summed E-state index contributed by atoms with van der Waals surface area (Å²) in [6.45, 7) is 0.